The van der Waals surface area contributed by atoms with Gasteiger partial charge < -0.3 is 11.1 Å². The van der Waals surface area contributed by atoms with E-state index >= 15 is 0 Å². The van der Waals surface area contributed by atoms with Gasteiger partial charge in [0.1, 0.15) is 10.8 Å². The summed E-state index contributed by atoms with van der Waals surface area (Å²) in [5.74, 6) is -0.281. The van der Waals surface area contributed by atoms with E-state index < -0.39 is 0 Å². The molecule has 0 saturated carbocycles. The first-order valence-electron chi connectivity index (χ1n) is 4.83. The molecule has 0 spiro atoms. The van der Waals surface area contributed by atoms with Crippen molar-refractivity contribution in [1.29, 1.82) is 0 Å². The Morgan fingerprint density at radius 3 is 3.00 bits per heavy atom. The van der Waals surface area contributed by atoms with Gasteiger partial charge in [0.05, 0.1) is 0 Å². The standard InChI is InChI=1S/C10H11FN4S/c11-7-2-1-3-8(6-7)13-10-15-14-9(16-10)4-5-12/h1-3,6H,4-5,12H2,(H,13,15). The van der Waals surface area contributed by atoms with Crippen LogP contribution in [-0.2, 0) is 6.42 Å². The van der Waals surface area contributed by atoms with Gasteiger partial charge in [-0.05, 0) is 24.7 Å². The number of hydrogen-bond donors (Lipinski definition) is 2. The zero-order valence-electron chi connectivity index (χ0n) is 8.48. The summed E-state index contributed by atoms with van der Waals surface area (Å²) in [6, 6.07) is 6.21. The number of halogens is 1. The highest BCUT2D eigenvalue weighted by atomic mass is 32.1. The lowest BCUT2D eigenvalue weighted by molar-refractivity contribution is 0.628. The van der Waals surface area contributed by atoms with Crippen molar-refractivity contribution in [3.63, 3.8) is 0 Å². The minimum Gasteiger partial charge on any atom is -0.330 e. The average molecular weight is 238 g/mol. The fourth-order valence-corrected chi connectivity index (χ4v) is 1.99. The second kappa shape index (κ2) is 5.00. The summed E-state index contributed by atoms with van der Waals surface area (Å²) in [6.07, 6.45) is 0.711. The summed E-state index contributed by atoms with van der Waals surface area (Å²) < 4.78 is 12.9. The second-order valence-electron chi connectivity index (χ2n) is 3.17. The monoisotopic (exact) mass is 238 g/mol. The number of rotatable bonds is 4. The third kappa shape index (κ3) is 2.74. The van der Waals surface area contributed by atoms with Crippen molar-refractivity contribution in [3.8, 4) is 0 Å². The molecule has 6 heteroatoms. The maximum absolute atomic E-state index is 12.9. The predicted octanol–water partition coefficient (Wildman–Crippen LogP) is 1.92. The van der Waals surface area contributed by atoms with Crippen LogP contribution in [0.4, 0.5) is 15.2 Å². The molecule has 1 heterocycles. The highest BCUT2D eigenvalue weighted by molar-refractivity contribution is 7.15. The van der Waals surface area contributed by atoms with Crippen molar-refractivity contribution < 1.29 is 4.39 Å². The van der Waals surface area contributed by atoms with Gasteiger partial charge in [0.2, 0.25) is 5.13 Å². The Bertz CT molecular complexity index is 471. The summed E-state index contributed by atoms with van der Waals surface area (Å²) in [6.45, 7) is 0.550. The summed E-state index contributed by atoms with van der Waals surface area (Å²) in [4.78, 5) is 0. The summed E-state index contributed by atoms with van der Waals surface area (Å²) >= 11 is 1.42. The molecule has 3 N–H and O–H groups in total. The van der Waals surface area contributed by atoms with Crippen LogP contribution in [0.3, 0.4) is 0 Å². The highest BCUT2D eigenvalue weighted by Crippen LogP contribution is 2.21. The Morgan fingerprint density at radius 1 is 1.38 bits per heavy atom. The van der Waals surface area contributed by atoms with E-state index in [-0.39, 0.29) is 5.82 Å². The summed E-state index contributed by atoms with van der Waals surface area (Å²) in [5.41, 5.74) is 6.07. The molecule has 1 aromatic heterocycles. The Morgan fingerprint density at radius 2 is 2.25 bits per heavy atom. The van der Waals surface area contributed by atoms with Crippen molar-refractivity contribution in [2.75, 3.05) is 11.9 Å². The van der Waals surface area contributed by atoms with Crippen LogP contribution in [0, 0.1) is 5.82 Å². The lowest BCUT2D eigenvalue weighted by Crippen LogP contribution is -2.01. The molecular formula is C10H11FN4S. The van der Waals surface area contributed by atoms with Crippen LogP contribution >= 0.6 is 11.3 Å². The topological polar surface area (TPSA) is 63.8 Å². The molecule has 0 aliphatic rings. The molecule has 0 radical (unpaired) electrons. The largest absolute Gasteiger partial charge is 0.330 e. The smallest absolute Gasteiger partial charge is 0.210 e. The van der Waals surface area contributed by atoms with E-state index in [4.69, 9.17) is 5.73 Å². The molecule has 0 aliphatic carbocycles. The third-order valence-corrected chi connectivity index (χ3v) is 2.80. The SMILES string of the molecule is NCCc1nnc(Nc2cccc(F)c2)s1. The average Bonchev–Trinajstić information content (AvgIpc) is 2.66. The van der Waals surface area contributed by atoms with Crippen molar-refractivity contribution in [2.45, 2.75) is 6.42 Å². The van der Waals surface area contributed by atoms with Gasteiger partial charge in [-0.15, -0.1) is 10.2 Å². The first-order valence-corrected chi connectivity index (χ1v) is 5.64. The number of nitrogens with one attached hydrogen (secondary N) is 1. The molecule has 84 valence electrons. The number of nitrogens with two attached hydrogens (primary N) is 1. The van der Waals surface area contributed by atoms with Gasteiger partial charge in [0.25, 0.3) is 0 Å². The van der Waals surface area contributed by atoms with E-state index in [0.717, 1.165) is 5.01 Å². The Hall–Kier alpha value is -1.53. The molecule has 0 atom stereocenters. The molecule has 0 bridgehead atoms. The molecule has 0 aliphatic heterocycles. The molecule has 0 amide bonds. The Labute approximate surface area is 96.3 Å². The van der Waals surface area contributed by atoms with Gasteiger partial charge in [-0.1, -0.05) is 17.4 Å². The molecule has 2 rings (SSSR count). The zero-order valence-corrected chi connectivity index (χ0v) is 9.30. The number of hydrogen-bond acceptors (Lipinski definition) is 5. The van der Waals surface area contributed by atoms with E-state index in [1.54, 1.807) is 12.1 Å². The van der Waals surface area contributed by atoms with E-state index in [1.807, 2.05) is 0 Å². The molecule has 0 fully saturated rings. The van der Waals surface area contributed by atoms with E-state index in [1.165, 1.54) is 23.5 Å². The van der Waals surface area contributed by atoms with Crippen molar-refractivity contribution in [2.24, 2.45) is 5.73 Å². The first kappa shape index (κ1) is 11.0. The van der Waals surface area contributed by atoms with Crippen LogP contribution in [0.2, 0.25) is 0 Å². The van der Waals surface area contributed by atoms with E-state index in [0.29, 0.717) is 23.8 Å². The fourth-order valence-electron chi connectivity index (χ4n) is 1.22. The number of benzene rings is 1. The quantitative estimate of drug-likeness (QED) is 0.854. The number of nitrogens with zero attached hydrogens (tertiary/aromatic N) is 2. The fraction of sp³-hybridized carbons (Fsp3) is 0.200. The van der Waals surface area contributed by atoms with Gasteiger partial charge >= 0.3 is 0 Å². The first-order chi connectivity index (χ1) is 7.78. The van der Waals surface area contributed by atoms with Crippen LogP contribution in [0.15, 0.2) is 24.3 Å². The Kier molecular flexibility index (Phi) is 3.43. The molecule has 0 unspecified atom stereocenters. The molecule has 0 saturated heterocycles. The minimum atomic E-state index is -0.281. The van der Waals surface area contributed by atoms with Gasteiger partial charge in [-0.25, -0.2) is 4.39 Å². The maximum Gasteiger partial charge on any atom is 0.210 e. The summed E-state index contributed by atoms with van der Waals surface area (Å²) in [5, 5.41) is 12.4. The number of anilines is 2. The normalized spacial score (nSPS) is 10.4. The molecule has 16 heavy (non-hydrogen) atoms. The zero-order chi connectivity index (χ0) is 11.4. The van der Waals surface area contributed by atoms with Gasteiger partial charge in [-0.3, -0.25) is 0 Å². The molecular weight excluding hydrogens is 227 g/mol. The molecule has 1 aromatic carbocycles. The van der Waals surface area contributed by atoms with Crippen molar-refractivity contribution in [1.82, 2.24) is 10.2 Å². The van der Waals surface area contributed by atoms with Gasteiger partial charge in [0.15, 0.2) is 0 Å². The molecule has 4 nitrogen and oxygen atoms in total. The minimum absolute atomic E-state index is 0.281. The van der Waals surface area contributed by atoms with Crippen LogP contribution in [0.5, 0.6) is 0 Å². The number of aromatic nitrogens is 2. The van der Waals surface area contributed by atoms with Crippen LogP contribution in [-0.4, -0.2) is 16.7 Å². The van der Waals surface area contributed by atoms with E-state index in [2.05, 4.69) is 15.5 Å². The third-order valence-electron chi connectivity index (χ3n) is 1.90. The van der Waals surface area contributed by atoms with Gasteiger partial charge in [0, 0.05) is 12.1 Å². The van der Waals surface area contributed by atoms with Crippen molar-refractivity contribution >= 4 is 22.2 Å². The van der Waals surface area contributed by atoms with Crippen LogP contribution < -0.4 is 11.1 Å². The molecule has 2 aromatic rings. The predicted molar refractivity (Wildman–Crippen MR) is 62.4 cm³/mol. The highest BCUT2D eigenvalue weighted by Gasteiger charge is 2.03. The van der Waals surface area contributed by atoms with Crippen LogP contribution in [0.1, 0.15) is 5.01 Å². The lowest BCUT2D eigenvalue weighted by atomic mass is 10.3. The van der Waals surface area contributed by atoms with Gasteiger partial charge in [-0.2, -0.15) is 0 Å². The lowest BCUT2D eigenvalue weighted by Gasteiger charge is -2.00. The van der Waals surface area contributed by atoms with E-state index in [9.17, 15) is 4.39 Å². The Balaban J connectivity index is 2.08. The van der Waals surface area contributed by atoms with Crippen molar-refractivity contribution in [3.05, 3.63) is 35.1 Å². The second-order valence-corrected chi connectivity index (χ2v) is 4.24. The summed E-state index contributed by atoms with van der Waals surface area (Å²) in [7, 11) is 0. The van der Waals surface area contributed by atoms with Crippen LogP contribution in [0.25, 0.3) is 0 Å². The maximum atomic E-state index is 12.9.